The van der Waals surface area contributed by atoms with Gasteiger partial charge in [0.05, 0.1) is 6.26 Å². The number of benzene rings is 1. The molecule has 8 heteroatoms. The summed E-state index contributed by atoms with van der Waals surface area (Å²) in [6.45, 7) is 4.36. The van der Waals surface area contributed by atoms with Crippen molar-refractivity contribution < 1.29 is 9.15 Å². The average molecular weight is 447 g/mol. The van der Waals surface area contributed by atoms with Crippen molar-refractivity contribution in [2.75, 3.05) is 38.7 Å². The van der Waals surface area contributed by atoms with Gasteiger partial charge in [0.1, 0.15) is 0 Å². The summed E-state index contributed by atoms with van der Waals surface area (Å²) >= 11 is 0. The van der Waals surface area contributed by atoms with Crippen molar-refractivity contribution in [3.8, 4) is 11.6 Å². The van der Waals surface area contributed by atoms with E-state index in [1.54, 1.807) is 17.9 Å². The number of likely N-dealkylation sites (tertiary alicyclic amines) is 1. The van der Waals surface area contributed by atoms with Crippen molar-refractivity contribution in [1.29, 1.82) is 0 Å². The lowest BCUT2D eigenvalue weighted by Crippen LogP contribution is -2.32. The number of anilines is 1. The van der Waals surface area contributed by atoms with E-state index in [9.17, 15) is 0 Å². The minimum atomic E-state index is 0.567. The Morgan fingerprint density at radius 2 is 1.97 bits per heavy atom. The van der Waals surface area contributed by atoms with Crippen molar-refractivity contribution in [2.24, 2.45) is 0 Å². The predicted octanol–water partition coefficient (Wildman–Crippen LogP) is 4.21. The third-order valence-corrected chi connectivity index (χ3v) is 6.24. The summed E-state index contributed by atoms with van der Waals surface area (Å²) in [6.07, 6.45) is 6.78. The van der Waals surface area contributed by atoms with Crippen LogP contribution in [0.25, 0.3) is 17.2 Å². The summed E-state index contributed by atoms with van der Waals surface area (Å²) in [6, 6.07) is 14.6. The summed E-state index contributed by atoms with van der Waals surface area (Å²) < 4.78 is 12.5. The molecule has 4 heterocycles. The van der Waals surface area contributed by atoms with Crippen LogP contribution in [0.1, 0.15) is 36.3 Å². The van der Waals surface area contributed by atoms with E-state index >= 15 is 0 Å². The molecule has 0 spiro atoms. The monoisotopic (exact) mass is 446 g/mol. The molecule has 0 bridgehead atoms. The highest BCUT2D eigenvalue weighted by Crippen LogP contribution is 2.29. The number of piperidine rings is 1. The molecule has 1 N–H and O–H groups in total. The van der Waals surface area contributed by atoms with E-state index in [1.165, 1.54) is 5.56 Å². The van der Waals surface area contributed by atoms with Gasteiger partial charge in [-0.2, -0.15) is 4.52 Å². The molecule has 4 aromatic rings. The van der Waals surface area contributed by atoms with E-state index in [0.29, 0.717) is 30.1 Å². The SMILES string of the molecule is COCCCNc1ncc(CN2CCC(c3ccccc3)CC2)c2nc(-c3ccco3)nn12. The molecule has 0 aliphatic carbocycles. The van der Waals surface area contributed by atoms with Gasteiger partial charge in [0.2, 0.25) is 11.8 Å². The summed E-state index contributed by atoms with van der Waals surface area (Å²) in [5, 5.41) is 8.06. The largest absolute Gasteiger partial charge is 0.461 e. The Bertz CT molecular complexity index is 1150. The summed E-state index contributed by atoms with van der Waals surface area (Å²) in [5.41, 5.74) is 3.34. The molecule has 3 aromatic heterocycles. The number of hydrogen-bond acceptors (Lipinski definition) is 7. The number of hydrogen-bond donors (Lipinski definition) is 1. The van der Waals surface area contributed by atoms with Gasteiger partial charge in [0.25, 0.3) is 0 Å². The summed E-state index contributed by atoms with van der Waals surface area (Å²) in [4.78, 5) is 12.0. The van der Waals surface area contributed by atoms with E-state index in [4.69, 9.17) is 19.2 Å². The van der Waals surface area contributed by atoms with Crippen molar-refractivity contribution in [3.63, 3.8) is 0 Å². The number of furan rings is 1. The topological polar surface area (TPSA) is 80.7 Å². The van der Waals surface area contributed by atoms with Crippen molar-refractivity contribution in [2.45, 2.75) is 31.7 Å². The highest BCUT2D eigenvalue weighted by atomic mass is 16.5. The molecule has 8 nitrogen and oxygen atoms in total. The number of aromatic nitrogens is 4. The van der Waals surface area contributed by atoms with E-state index in [1.807, 2.05) is 18.3 Å². The number of nitrogens with one attached hydrogen (secondary N) is 1. The highest BCUT2D eigenvalue weighted by molar-refractivity contribution is 5.58. The number of rotatable bonds is 9. The molecule has 0 radical (unpaired) electrons. The Labute approximate surface area is 193 Å². The second-order valence-corrected chi connectivity index (χ2v) is 8.49. The quantitative estimate of drug-likeness (QED) is 0.386. The molecule has 1 aromatic carbocycles. The van der Waals surface area contributed by atoms with Crippen LogP contribution in [0.2, 0.25) is 0 Å². The standard InChI is InChI=1S/C25H30N6O2/c1-32-15-6-12-26-25-27-17-21(24-28-23(29-31(24)25)22-9-5-16-33-22)18-30-13-10-20(11-14-30)19-7-3-2-4-8-19/h2-5,7-9,16-17,20H,6,10-15,18H2,1H3,(H,26,27). The molecule has 5 rings (SSSR count). The van der Waals surface area contributed by atoms with Gasteiger partial charge in [-0.25, -0.2) is 9.97 Å². The molecule has 1 fully saturated rings. The van der Waals surface area contributed by atoms with Crippen LogP contribution in [0.5, 0.6) is 0 Å². The molecule has 1 saturated heterocycles. The maximum Gasteiger partial charge on any atom is 0.225 e. The molecular weight excluding hydrogens is 416 g/mol. The van der Waals surface area contributed by atoms with Gasteiger partial charge in [-0.3, -0.25) is 4.90 Å². The molecule has 0 atom stereocenters. The maximum atomic E-state index is 5.54. The van der Waals surface area contributed by atoms with Gasteiger partial charge in [-0.15, -0.1) is 5.10 Å². The number of nitrogens with zero attached hydrogens (tertiary/aromatic N) is 5. The number of methoxy groups -OCH3 is 1. The van der Waals surface area contributed by atoms with Crippen LogP contribution in [0.3, 0.4) is 0 Å². The van der Waals surface area contributed by atoms with E-state index in [0.717, 1.165) is 56.7 Å². The van der Waals surface area contributed by atoms with Crippen molar-refractivity contribution >= 4 is 11.6 Å². The smallest absolute Gasteiger partial charge is 0.225 e. The van der Waals surface area contributed by atoms with Crippen LogP contribution in [0, 0.1) is 0 Å². The Morgan fingerprint density at radius 3 is 2.73 bits per heavy atom. The number of fused-ring (bicyclic) bond motifs is 1. The molecule has 1 aliphatic rings. The first kappa shape index (κ1) is 21.6. The van der Waals surface area contributed by atoms with E-state index in [2.05, 4.69) is 45.5 Å². The fraction of sp³-hybridized carbons (Fsp3) is 0.400. The van der Waals surface area contributed by atoms with Crippen LogP contribution in [0.15, 0.2) is 59.3 Å². The third-order valence-electron chi connectivity index (χ3n) is 6.24. The molecule has 0 amide bonds. The lowest BCUT2D eigenvalue weighted by atomic mass is 9.89. The molecule has 0 saturated carbocycles. The minimum absolute atomic E-state index is 0.567. The van der Waals surface area contributed by atoms with Crippen LogP contribution >= 0.6 is 0 Å². The Balaban J connectivity index is 1.34. The van der Waals surface area contributed by atoms with Gasteiger partial charge in [0.15, 0.2) is 11.4 Å². The number of ether oxygens (including phenoxy) is 1. The summed E-state index contributed by atoms with van der Waals surface area (Å²) in [7, 11) is 1.71. The van der Waals surface area contributed by atoms with Gasteiger partial charge in [-0.05, 0) is 56.0 Å². The Morgan fingerprint density at radius 1 is 1.12 bits per heavy atom. The second-order valence-electron chi connectivity index (χ2n) is 8.49. The zero-order valence-corrected chi connectivity index (χ0v) is 19.0. The zero-order valence-electron chi connectivity index (χ0n) is 19.0. The Kier molecular flexibility index (Phi) is 6.64. The fourth-order valence-corrected chi connectivity index (χ4v) is 4.47. The van der Waals surface area contributed by atoms with Gasteiger partial charge in [0, 0.05) is 38.6 Å². The Hall–Kier alpha value is -3.23. The van der Waals surface area contributed by atoms with E-state index in [-0.39, 0.29) is 0 Å². The lowest BCUT2D eigenvalue weighted by Gasteiger charge is -2.32. The van der Waals surface area contributed by atoms with Crippen molar-refractivity contribution in [3.05, 3.63) is 66.1 Å². The fourth-order valence-electron chi connectivity index (χ4n) is 4.47. The van der Waals surface area contributed by atoms with Crippen LogP contribution in [-0.4, -0.2) is 57.8 Å². The minimum Gasteiger partial charge on any atom is -0.461 e. The average Bonchev–Trinajstić information content (AvgIpc) is 3.55. The van der Waals surface area contributed by atoms with Crippen LogP contribution in [0.4, 0.5) is 5.95 Å². The van der Waals surface area contributed by atoms with Gasteiger partial charge < -0.3 is 14.5 Å². The van der Waals surface area contributed by atoms with Gasteiger partial charge in [-0.1, -0.05) is 30.3 Å². The first-order chi connectivity index (χ1) is 16.3. The lowest BCUT2D eigenvalue weighted by molar-refractivity contribution is 0.197. The summed E-state index contributed by atoms with van der Waals surface area (Å²) in [5.74, 6) is 2.53. The zero-order chi connectivity index (χ0) is 22.5. The molecular formula is C25H30N6O2. The van der Waals surface area contributed by atoms with Crippen LogP contribution in [-0.2, 0) is 11.3 Å². The van der Waals surface area contributed by atoms with Crippen LogP contribution < -0.4 is 5.32 Å². The first-order valence-electron chi connectivity index (χ1n) is 11.6. The first-order valence-corrected chi connectivity index (χ1v) is 11.6. The molecule has 172 valence electrons. The molecule has 33 heavy (non-hydrogen) atoms. The predicted molar refractivity (Wildman–Crippen MR) is 127 cm³/mol. The molecule has 0 unspecified atom stereocenters. The third kappa shape index (κ3) is 4.91. The van der Waals surface area contributed by atoms with E-state index < -0.39 is 0 Å². The van der Waals surface area contributed by atoms with Crippen molar-refractivity contribution in [1.82, 2.24) is 24.5 Å². The molecule has 1 aliphatic heterocycles. The maximum absolute atomic E-state index is 5.54. The van der Waals surface area contributed by atoms with Gasteiger partial charge >= 0.3 is 0 Å². The highest BCUT2D eigenvalue weighted by Gasteiger charge is 2.22. The normalized spacial score (nSPS) is 15.3. The second kappa shape index (κ2) is 10.1.